The van der Waals surface area contributed by atoms with Crippen molar-refractivity contribution in [2.24, 2.45) is 0 Å². The van der Waals surface area contributed by atoms with Crippen LogP contribution in [0.1, 0.15) is 34.7 Å². The molecule has 36 heavy (non-hydrogen) atoms. The van der Waals surface area contributed by atoms with E-state index in [-0.39, 0.29) is 24.5 Å². The first-order valence-electron chi connectivity index (χ1n) is 11.7. The number of thiocarbonyl (C=S) groups is 1. The van der Waals surface area contributed by atoms with Crippen LogP contribution in [0.2, 0.25) is 0 Å². The molecule has 0 unspecified atom stereocenters. The van der Waals surface area contributed by atoms with E-state index in [1.807, 2.05) is 71.6 Å². The number of rotatable bonds is 6. The topological polar surface area (TPSA) is 62.2 Å². The lowest BCUT2D eigenvalue weighted by atomic mass is 9.96. The zero-order valence-electron chi connectivity index (χ0n) is 20.0. The standard InChI is InChI=1S/C28H26BrN5OS/c1-18-16-21(19(2)34(18)24-14-7-6-12-22(24)29)27-26(23-13-8-9-15-30-23)32-28(36)33(27)17-25(35)31-20-10-4-3-5-11-20/h3-16,26-27H,17H2,1-2H3,(H,31,35)(H,32,36)/t26-,27-/m1/s1. The van der Waals surface area contributed by atoms with Crippen molar-refractivity contribution in [1.29, 1.82) is 0 Å². The van der Waals surface area contributed by atoms with E-state index in [2.05, 4.69) is 62.1 Å². The molecule has 8 heteroatoms. The summed E-state index contributed by atoms with van der Waals surface area (Å²) < 4.78 is 3.25. The Morgan fingerprint density at radius 1 is 1.06 bits per heavy atom. The van der Waals surface area contributed by atoms with Crippen LogP contribution in [0, 0.1) is 13.8 Å². The predicted octanol–water partition coefficient (Wildman–Crippen LogP) is 5.86. The van der Waals surface area contributed by atoms with Gasteiger partial charge in [0.25, 0.3) is 0 Å². The number of carbonyl (C=O) groups excluding carboxylic acids is 1. The summed E-state index contributed by atoms with van der Waals surface area (Å²) in [5.74, 6) is -0.128. The SMILES string of the molecule is Cc1cc([C@@H]2[C@@H](c3ccccn3)NC(=S)N2CC(=O)Nc2ccccc2)c(C)n1-c1ccccc1Br. The quantitative estimate of drug-likeness (QED) is 0.289. The number of para-hydroxylation sites is 2. The highest BCUT2D eigenvalue weighted by Crippen LogP contribution is 2.41. The Kier molecular flexibility index (Phi) is 6.89. The van der Waals surface area contributed by atoms with Gasteiger partial charge >= 0.3 is 0 Å². The van der Waals surface area contributed by atoms with Gasteiger partial charge < -0.3 is 20.1 Å². The molecular weight excluding hydrogens is 534 g/mol. The molecule has 0 saturated carbocycles. The third-order valence-electron chi connectivity index (χ3n) is 6.45. The van der Waals surface area contributed by atoms with Crippen LogP contribution in [0.3, 0.4) is 0 Å². The minimum Gasteiger partial charge on any atom is -0.352 e. The zero-order valence-corrected chi connectivity index (χ0v) is 22.4. The summed E-state index contributed by atoms with van der Waals surface area (Å²) in [7, 11) is 0. The summed E-state index contributed by atoms with van der Waals surface area (Å²) in [6.45, 7) is 4.33. The average molecular weight is 561 g/mol. The Bertz CT molecular complexity index is 1410. The molecule has 182 valence electrons. The molecular formula is C28H26BrN5OS. The summed E-state index contributed by atoms with van der Waals surface area (Å²) in [5, 5.41) is 6.96. The van der Waals surface area contributed by atoms with Crippen molar-refractivity contribution >= 4 is 44.9 Å². The van der Waals surface area contributed by atoms with Gasteiger partial charge in [-0.05, 0) is 90.0 Å². The number of halogens is 1. The maximum atomic E-state index is 13.1. The number of anilines is 1. The first-order valence-corrected chi connectivity index (χ1v) is 12.9. The highest BCUT2D eigenvalue weighted by molar-refractivity contribution is 9.10. The van der Waals surface area contributed by atoms with Gasteiger partial charge in [-0.2, -0.15) is 0 Å². The molecule has 6 nitrogen and oxygen atoms in total. The second-order valence-corrected chi connectivity index (χ2v) is 10.0. The Labute approximate surface area is 224 Å². The Morgan fingerprint density at radius 3 is 2.50 bits per heavy atom. The Balaban J connectivity index is 1.55. The van der Waals surface area contributed by atoms with Gasteiger partial charge in [-0.15, -0.1) is 0 Å². The fourth-order valence-electron chi connectivity index (χ4n) is 4.88. The molecule has 0 bridgehead atoms. The van der Waals surface area contributed by atoms with Crippen LogP contribution in [0.4, 0.5) is 5.69 Å². The summed E-state index contributed by atoms with van der Waals surface area (Å²) in [5.41, 5.74) is 5.98. The van der Waals surface area contributed by atoms with Crippen LogP contribution in [0.25, 0.3) is 5.69 Å². The first kappa shape index (κ1) is 24.2. The van der Waals surface area contributed by atoms with Crippen LogP contribution < -0.4 is 10.6 Å². The third kappa shape index (κ3) is 4.66. The van der Waals surface area contributed by atoms with E-state index < -0.39 is 0 Å². The molecule has 0 radical (unpaired) electrons. The first-order chi connectivity index (χ1) is 17.4. The fraction of sp³-hybridized carbons (Fsp3) is 0.179. The molecule has 1 amide bonds. The minimum atomic E-state index is -0.212. The number of amides is 1. The lowest BCUT2D eigenvalue weighted by Crippen LogP contribution is -2.37. The number of nitrogens with one attached hydrogen (secondary N) is 2. The number of nitrogens with zero attached hydrogens (tertiary/aromatic N) is 3. The predicted molar refractivity (Wildman–Crippen MR) is 150 cm³/mol. The van der Waals surface area contributed by atoms with Crippen molar-refractivity contribution in [3.8, 4) is 5.69 Å². The van der Waals surface area contributed by atoms with E-state index in [1.165, 1.54) is 0 Å². The molecule has 2 aromatic carbocycles. The highest BCUT2D eigenvalue weighted by Gasteiger charge is 2.42. The van der Waals surface area contributed by atoms with Gasteiger partial charge in [0, 0.05) is 27.7 Å². The molecule has 1 fully saturated rings. The number of hydrogen-bond donors (Lipinski definition) is 2. The van der Waals surface area contributed by atoms with E-state index in [0.29, 0.717) is 5.11 Å². The summed E-state index contributed by atoms with van der Waals surface area (Å²) >= 11 is 9.47. The molecule has 0 spiro atoms. The minimum absolute atomic E-state index is 0.118. The van der Waals surface area contributed by atoms with E-state index in [9.17, 15) is 4.79 Å². The smallest absolute Gasteiger partial charge is 0.244 e. The van der Waals surface area contributed by atoms with Gasteiger partial charge in [-0.1, -0.05) is 36.4 Å². The summed E-state index contributed by atoms with van der Waals surface area (Å²) in [6.07, 6.45) is 1.78. The molecule has 2 atom stereocenters. The Hall–Kier alpha value is -3.49. The number of aryl methyl sites for hydroxylation is 1. The van der Waals surface area contributed by atoms with E-state index in [4.69, 9.17) is 12.2 Å². The van der Waals surface area contributed by atoms with Gasteiger partial charge in [0.05, 0.1) is 23.5 Å². The normalized spacial score (nSPS) is 17.2. The van der Waals surface area contributed by atoms with Crippen LogP contribution in [0.15, 0.2) is 89.5 Å². The molecule has 0 aliphatic carbocycles. The number of pyridine rings is 1. The van der Waals surface area contributed by atoms with Crippen molar-refractivity contribution in [3.05, 3.63) is 112 Å². The van der Waals surface area contributed by atoms with Crippen LogP contribution >= 0.6 is 28.1 Å². The maximum absolute atomic E-state index is 13.1. The molecule has 3 heterocycles. The lowest BCUT2D eigenvalue weighted by molar-refractivity contribution is -0.116. The van der Waals surface area contributed by atoms with Gasteiger partial charge in [0.2, 0.25) is 5.91 Å². The van der Waals surface area contributed by atoms with Crippen molar-refractivity contribution in [1.82, 2.24) is 19.8 Å². The molecule has 2 aromatic heterocycles. The van der Waals surface area contributed by atoms with Gasteiger partial charge in [0.1, 0.15) is 6.54 Å². The van der Waals surface area contributed by atoms with Crippen molar-refractivity contribution in [3.63, 3.8) is 0 Å². The fourth-order valence-corrected chi connectivity index (χ4v) is 5.65. The van der Waals surface area contributed by atoms with E-state index in [0.717, 1.165) is 38.5 Å². The molecule has 1 aliphatic rings. The van der Waals surface area contributed by atoms with E-state index in [1.54, 1.807) is 6.20 Å². The third-order valence-corrected chi connectivity index (χ3v) is 7.47. The van der Waals surface area contributed by atoms with Gasteiger partial charge in [-0.3, -0.25) is 9.78 Å². The van der Waals surface area contributed by atoms with Crippen LogP contribution in [0.5, 0.6) is 0 Å². The largest absolute Gasteiger partial charge is 0.352 e. The Morgan fingerprint density at radius 2 is 1.78 bits per heavy atom. The molecule has 4 aromatic rings. The number of aromatic nitrogens is 2. The molecule has 1 aliphatic heterocycles. The summed E-state index contributed by atoms with van der Waals surface area (Å²) in [4.78, 5) is 19.7. The second-order valence-electron chi connectivity index (χ2n) is 8.78. The zero-order chi connectivity index (χ0) is 25.2. The van der Waals surface area contributed by atoms with Gasteiger partial charge in [0.15, 0.2) is 5.11 Å². The highest BCUT2D eigenvalue weighted by atomic mass is 79.9. The van der Waals surface area contributed by atoms with Crippen LogP contribution in [-0.2, 0) is 4.79 Å². The number of carbonyl (C=O) groups is 1. The van der Waals surface area contributed by atoms with Crippen molar-refractivity contribution < 1.29 is 4.79 Å². The van der Waals surface area contributed by atoms with Crippen molar-refractivity contribution in [2.75, 3.05) is 11.9 Å². The number of benzene rings is 2. The van der Waals surface area contributed by atoms with Crippen LogP contribution in [-0.4, -0.2) is 32.0 Å². The molecule has 5 rings (SSSR count). The van der Waals surface area contributed by atoms with Gasteiger partial charge in [-0.25, -0.2) is 0 Å². The monoisotopic (exact) mass is 559 g/mol. The lowest BCUT2D eigenvalue weighted by Gasteiger charge is -2.27. The second kappa shape index (κ2) is 10.2. The maximum Gasteiger partial charge on any atom is 0.244 e. The average Bonchev–Trinajstić information content (AvgIpc) is 3.35. The molecule has 2 N–H and O–H groups in total. The van der Waals surface area contributed by atoms with Crippen molar-refractivity contribution in [2.45, 2.75) is 25.9 Å². The summed E-state index contributed by atoms with van der Waals surface area (Å²) in [6, 6.07) is 25.3. The molecule has 1 saturated heterocycles. The van der Waals surface area contributed by atoms with E-state index >= 15 is 0 Å². The number of hydrogen-bond acceptors (Lipinski definition) is 3.